The molecule has 1 atom stereocenters. The van der Waals surface area contributed by atoms with E-state index in [2.05, 4.69) is 12.0 Å². The molecule has 0 aromatic carbocycles. The Labute approximate surface area is 108 Å². The van der Waals surface area contributed by atoms with Gasteiger partial charge >= 0.3 is 0 Å². The SMILES string of the molecule is CCn1nc(C)c(Cl)c1CCCC(N)C1CC1. The van der Waals surface area contributed by atoms with Crippen LogP contribution in [0.5, 0.6) is 0 Å². The average Bonchev–Trinajstić information content (AvgIpc) is 3.11. The van der Waals surface area contributed by atoms with Gasteiger partial charge in [-0.05, 0) is 51.9 Å². The molecule has 2 N–H and O–H groups in total. The van der Waals surface area contributed by atoms with Gasteiger partial charge in [0.05, 0.1) is 16.4 Å². The lowest BCUT2D eigenvalue weighted by Gasteiger charge is -2.10. The second kappa shape index (κ2) is 5.40. The second-order valence-corrected chi connectivity index (χ2v) is 5.43. The average molecular weight is 256 g/mol. The molecule has 0 saturated heterocycles. The molecule has 1 unspecified atom stereocenters. The zero-order valence-electron chi connectivity index (χ0n) is 10.7. The van der Waals surface area contributed by atoms with E-state index >= 15 is 0 Å². The van der Waals surface area contributed by atoms with E-state index in [1.165, 1.54) is 18.5 Å². The topological polar surface area (TPSA) is 43.8 Å². The molecule has 1 aromatic rings. The summed E-state index contributed by atoms with van der Waals surface area (Å²) in [5.74, 6) is 0.795. The number of nitrogens with two attached hydrogens (primary N) is 1. The maximum absolute atomic E-state index is 6.27. The lowest BCUT2D eigenvalue weighted by Crippen LogP contribution is -2.22. The molecule has 1 fully saturated rings. The van der Waals surface area contributed by atoms with Crippen molar-refractivity contribution in [2.75, 3.05) is 0 Å². The van der Waals surface area contributed by atoms with Gasteiger partial charge in [0.15, 0.2) is 0 Å². The normalized spacial score (nSPS) is 17.4. The van der Waals surface area contributed by atoms with Crippen LogP contribution in [0, 0.1) is 12.8 Å². The lowest BCUT2D eigenvalue weighted by atomic mass is 10.0. The monoisotopic (exact) mass is 255 g/mol. The molecule has 0 aliphatic heterocycles. The van der Waals surface area contributed by atoms with Gasteiger partial charge < -0.3 is 5.73 Å². The molecule has 1 aliphatic carbocycles. The van der Waals surface area contributed by atoms with Crippen molar-refractivity contribution in [3.05, 3.63) is 16.4 Å². The summed E-state index contributed by atoms with van der Waals surface area (Å²) in [6.45, 7) is 4.95. The predicted octanol–water partition coefficient (Wildman–Crippen LogP) is 2.92. The number of rotatable bonds is 6. The molecule has 1 aliphatic rings. The minimum Gasteiger partial charge on any atom is -0.327 e. The summed E-state index contributed by atoms with van der Waals surface area (Å²) in [5, 5.41) is 5.27. The Bertz CT molecular complexity index is 382. The number of nitrogens with zero attached hydrogens (tertiary/aromatic N) is 2. The van der Waals surface area contributed by atoms with Crippen molar-refractivity contribution in [3.8, 4) is 0 Å². The van der Waals surface area contributed by atoms with Gasteiger partial charge in [0.1, 0.15) is 0 Å². The summed E-state index contributed by atoms with van der Waals surface area (Å²) in [4.78, 5) is 0. The second-order valence-electron chi connectivity index (χ2n) is 5.06. The molecule has 0 amide bonds. The number of halogens is 1. The first kappa shape index (κ1) is 12.9. The highest BCUT2D eigenvalue weighted by molar-refractivity contribution is 6.31. The molecular formula is C13H22ClN3. The number of hydrogen-bond acceptors (Lipinski definition) is 2. The van der Waals surface area contributed by atoms with Crippen molar-refractivity contribution in [2.24, 2.45) is 11.7 Å². The van der Waals surface area contributed by atoms with Gasteiger partial charge in [0.2, 0.25) is 0 Å². The molecule has 2 rings (SSSR count). The zero-order chi connectivity index (χ0) is 12.4. The molecule has 1 aromatic heterocycles. The Morgan fingerprint density at radius 1 is 1.53 bits per heavy atom. The van der Waals surface area contributed by atoms with E-state index in [0.717, 1.165) is 42.4 Å². The van der Waals surface area contributed by atoms with Crippen LogP contribution in [0.25, 0.3) is 0 Å². The summed E-state index contributed by atoms with van der Waals surface area (Å²) < 4.78 is 2.01. The van der Waals surface area contributed by atoms with Gasteiger partial charge in [-0.3, -0.25) is 4.68 Å². The first-order valence-electron chi connectivity index (χ1n) is 6.60. The molecule has 17 heavy (non-hydrogen) atoms. The lowest BCUT2D eigenvalue weighted by molar-refractivity contribution is 0.516. The molecule has 96 valence electrons. The van der Waals surface area contributed by atoms with Crippen LogP contribution < -0.4 is 5.73 Å². The van der Waals surface area contributed by atoms with Gasteiger partial charge in [-0.25, -0.2) is 0 Å². The predicted molar refractivity (Wildman–Crippen MR) is 71.3 cm³/mol. The Balaban J connectivity index is 1.88. The molecule has 0 spiro atoms. The van der Waals surface area contributed by atoms with Gasteiger partial charge in [-0.15, -0.1) is 0 Å². The minimum atomic E-state index is 0.396. The summed E-state index contributed by atoms with van der Waals surface area (Å²) in [7, 11) is 0. The molecule has 4 heteroatoms. The maximum Gasteiger partial charge on any atom is 0.0847 e. The molecular weight excluding hydrogens is 234 g/mol. The smallest absolute Gasteiger partial charge is 0.0847 e. The van der Waals surface area contributed by atoms with E-state index in [9.17, 15) is 0 Å². The first-order valence-corrected chi connectivity index (χ1v) is 6.98. The molecule has 1 saturated carbocycles. The third-order valence-corrected chi connectivity index (χ3v) is 4.12. The fourth-order valence-corrected chi connectivity index (χ4v) is 2.60. The van der Waals surface area contributed by atoms with Crippen LogP contribution in [0.3, 0.4) is 0 Å². The van der Waals surface area contributed by atoms with Crippen molar-refractivity contribution < 1.29 is 0 Å². The van der Waals surface area contributed by atoms with Crippen molar-refractivity contribution in [2.45, 2.75) is 58.5 Å². The van der Waals surface area contributed by atoms with Crippen molar-refractivity contribution in [1.29, 1.82) is 0 Å². The number of aryl methyl sites for hydroxylation is 2. The zero-order valence-corrected chi connectivity index (χ0v) is 11.5. The Hall–Kier alpha value is -0.540. The summed E-state index contributed by atoms with van der Waals surface area (Å²) in [6, 6.07) is 0.396. The van der Waals surface area contributed by atoms with Crippen LogP contribution in [-0.4, -0.2) is 15.8 Å². The highest BCUT2D eigenvalue weighted by atomic mass is 35.5. The number of hydrogen-bond donors (Lipinski definition) is 1. The Kier molecular flexibility index (Phi) is 4.10. The van der Waals surface area contributed by atoms with E-state index in [1.807, 2.05) is 11.6 Å². The Morgan fingerprint density at radius 2 is 2.24 bits per heavy atom. The fraction of sp³-hybridized carbons (Fsp3) is 0.769. The third-order valence-electron chi connectivity index (χ3n) is 3.63. The molecule has 0 radical (unpaired) electrons. The van der Waals surface area contributed by atoms with E-state index in [4.69, 9.17) is 17.3 Å². The van der Waals surface area contributed by atoms with Gasteiger partial charge in [0, 0.05) is 12.6 Å². The fourth-order valence-electron chi connectivity index (χ4n) is 2.37. The first-order chi connectivity index (χ1) is 8.13. The Morgan fingerprint density at radius 3 is 2.82 bits per heavy atom. The van der Waals surface area contributed by atoms with E-state index in [-0.39, 0.29) is 0 Å². The summed E-state index contributed by atoms with van der Waals surface area (Å²) in [6.07, 6.45) is 5.87. The van der Waals surface area contributed by atoms with Crippen LogP contribution in [0.2, 0.25) is 5.02 Å². The van der Waals surface area contributed by atoms with Crippen LogP contribution in [0.15, 0.2) is 0 Å². The van der Waals surface area contributed by atoms with Crippen molar-refractivity contribution in [1.82, 2.24) is 9.78 Å². The van der Waals surface area contributed by atoms with E-state index < -0.39 is 0 Å². The van der Waals surface area contributed by atoms with Crippen LogP contribution in [0.4, 0.5) is 0 Å². The van der Waals surface area contributed by atoms with Gasteiger partial charge in [-0.2, -0.15) is 5.10 Å². The highest BCUT2D eigenvalue weighted by Crippen LogP contribution is 2.33. The standard InChI is InChI=1S/C13H22ClN3/c1-3-17-12(13(14)9(2)16-17)6-4-5-11(15)10-7-8-10/h10-11H,3-8,15H2,1-2H3. The van der Waals surface area contributed by atoms with E-state index in [1.54, 1.807) is 0 Å². The van der Waals surface area contributed by atoms with Gasteiger partial charge in [0.25, 0.3) is 0 Å². The largest absolute Gasteiger partial charge is 0.327 e. The quantitative estimate of drug-likeness (QED) is 0.850. The summed E-state index contributed by atoms with van der Waals surface area (Å²) in [5.41, 5.74) is 8.22. The molecule has 1 heterocycles. The minimum absolute atomic E-state index is 0.396. The number of aromatic nitrogens is 2. The summed E-state index contributed by atoms with van der Waals surface area (Å²) >= 11 is 6.27. The highest BCUT2D eigenvalue weighted by Gasteiger charge is 2.27. The van der Waals surface area contributed by atoms with Crippen molar-refractivity contribution >= 4 is 11.6 Å². The van der Waals surface area contributed by atoms with E-state index in [0.29, 0.717) is 6.04 Å². The van der Waals surface area contributed by atoms with Gasteiger partial charge in [-0.1, -0.05) is 11.6 Å². The van der Waals surface area contributed by atoms with Crippen LogP contribution in [-0.2, 0) is 13.0 Å². The third kappa shape index (κ3) is 3.02. The van der Waals surface area contributed by atoms with Crippen LogP contribution in [0.1, 0.15) is 44.0 Å². The molecule has 0 bridgehead atoms. The van der Waals surface area contributed by atoms with Crippen LogP contribution >= 0.6 is 11.6 Å². The maximum atomic E-state index is 6.27. The molecule has 3 nitrogen and oxygen atoms in total. The van der Waals surface area contributed by atoms with Crippen molar-refractivity contribution in [3.63, 3.8) is 0 Å².